The first-order valence-corrected chi connectivity index (χ1v) is 7.26. The van der Waals surface area contributed by atoms with Gasteiger partial charge in [-0.2, -0.15) is 0 Å². The molecule has 118 valence electrons. The molecule has 2 rings (SSSR count). The van der Waals surface area contributed by atoms with Crippen molar-refractivity contribution in [2.45, 2.75) is 26.4 Å². The smallest absolute Gasteiger partial charge is 0.191 e. The third kappa shape index (κ3) is 5.67. The highest BCUT2D eigenvalue weighted by molar-refractivity contribution is 14.0. The maximum absolute atomic E-state index is 4.29. The molecule has 0 aliphatic rings. The van der Waals surface area contributed by atoms with Crippen LogP contribution in [0.5, 0.6) is 0 Å². The number of aryl methyl sites for hydroxylation is 1. The minimum atomic E-state index is 0. The summed E-state index contributed by atoms with van der Waals surface area (Å²) in [5, 5.41) is 6.76. The summed E-state index contributed by atoms with van der Waals surface area (Å²) in [7, 11) is 1.79. The van der Waals surface area contributed by atoms with Crippen LogP contribution < -0.4 is 10.6 Å². The van der Waals surface area contributed by atoms with E-state index in [0.29, 0.717) is 0 Å². The Morgan fingerprint density at radius 3 is 2.45 bits per heavy atom. The molecule has 2 N–H and O–H groups in total. The predicted molar refractivity (Wildman–Crippen MR) is 105 cm³/mol. The Kier molecular flexibility index (Phi) is 7.95. The van der Waals surface area contributed by atoms with Crippen LogP contribution in [0.2, 0.25) is 0 Å². The standard InChI is InChI=1S/C18H23N3.HI/c1-14-8-7-9-16(12-14)13-20-18(19-3)21-15(2)17-10-5-4-6-11-17;/h4-12,15H,13H2,1-3H3,(H2,19,20,21);1H. The van der Waals surface area contributed by atoms with Gasteiger partial charge < -0.3 is 10.6 Å². The summed E-state index contributed by atoms with van der Waals surface area (Å²) in [4.78, 5) is 4.29. The Balaban J connectivity index is 0.00000242. The van der Waals surface area contributed by atoms with Crippen LogP contribution in [0.4, 0.5) is 0 Å². The number of nitrogens with zero attached hydrogens (tertiary/aromatic N) is 1. The number of rotatable bonds is 4. The van der Waals surface area contributed by atoms with Crippen molar-refractivity contribution in [1.82, 2.24) is 10.6 Å². The first-order chi connectivity index (χ1) is 10.2. The topological polar surface area (TPSA) is 36.4 Å². The lowest BCUT2D eigenvalue weighted by Crippen LogP contribution is -2.38. The third-order valence-corrected chi connectivity index (χ3v) is 3.42. The summed E-state index contributed by atoms with van der Waals surface area (Å²) in [5.74, 6) is 0.813. The van der Waals surface area contributed by atoms with Gasteiger partial charge in [0.1, 0.15) is 0 Å². The van der Waals surface area contributed by atoms with Gasteiger partial charge in [-0.1, -0.05) is 60.2 Å². The van der Waals surface area contributed by atoms with Crippen molar-refractivity contribution in [3.8, 4) is 0 Å². The lowest BCUT2D eigenvalue weighted by atomic mass is 10.1. The van der Waals surface area contributed by atoms with Gasteiger partial charge in [0, 0.05) is 13.6 Å². The first-order valence-electron chi connectivity index (χ1n) is 7.26. The van der Waals surface area contributed by atoms with Gasteiger partial charge in [-0.3, -0.25) is 4.99 Å². The number of benzene rings is 2. The molecule has 2 aromatic carbocycles. The van der Waals surface area contributed by atoms with Crippen molar-refractivity contribution < 1.29 is 0 Å². The van der Waals surface area contributed by atoms with Crippen LogP contribution in [0.15, 0.2) is 59.6 Å². The van der Waals surface area contributed by atoms with E-state index in [0.717, 1.165) is 12.5 Å². The molecule has 0 spiro atoms. The molecular weight excluding hydrogens is 385 g/mol. The summed E-state index contributed by atoms with van der Waals surface area (Å²) < 4.78 is 0. The van der Waals surface area contributed by atoms with E-state index in [1.165, 1.54) is 16.7 Å². The van der Waals surface area contributed by atoms with Crippen molar-refractivity contribution in [1.29, 1.82) is 0 Å². The molecule has 0 bridgehead atoms. The summed E-state index contributed by atoms with van der Waals surface area (Å²) >= 11 is 0. The SMILES string of the molecule is CN=C(NCc1cccc(C)c1)NC(C)c1ccccc1.I. The van der Waals surface area contributed by atoms with Gasteiger partial charge in [0.25, 0.3) is 0 Å². The highest BCUT2D eigenvalue weighted by Gasteiger charge is 2.06. The van der Waals surface area contributed by atoms with Crippen LogP contribution in [0.1, 0.15) is 29.7 Å². The van der Waals surface area contributed by atoms with Crippen LogP contribution in [-0.4, -0.2) is 13.0 Å². The molecule has 0 heterocycles. The van der Waals surface area contributed by atoms with Gasteiger partial charge in [-0.25, -0.2) is 0 Å². The Labute approximate surface area is 150 Å². The minimum Gasteiger partial charge on any atom is -0.352 e. The van der Waals surface area contributed by atoms with E-state index in [1.807, 2.05) is 6.07 Å². The van der Waals surface area contributed by atoms with E-state index in [9.17, 15) is 0 Å². The summed E-state index contributed by atoms with van der Waals surface area (Å²) in [6, 6.07) is 19.1. The van der Waals surface area contributed by atoms with E-state index in [1.54, 1.807) is 7.05 Å². The second kappa shape index (κ2) is 9.46. The molecule has 4 heteroatoms. The fourth-order valence-corrected chi connectivity index (χ4v) is 2.23. The Morgan fingerprint density at radius 1 is 1.09 bits per heavy atom. The van der Waals surface area contributed by atoms with E-state index in [2.05, 4.69) is 78.0 Å². The number of halogens is 1. The van der Waals surface area contributed by atoms with Crippen molar-refractivity contribution in [3.63, 3.8) is 0 Å². The average molecular weight is 409 g/mol. The number of hydrogen-bond donors (Lipinski definition) is 2. The molecule has 1 atom stereocenters. The average Bonchev–Trinajstić information content (AvgIpc) is 2.52. The second-order valence-electron chi connectivity index (χ2n) is 5.19. The molecule has 0 fully saturated rings. The van der Waals surface area contributed by atoms with Crippen LogP contribution in [0.3, 0.4) is 0 Å². The van der Waals surface area contributed by atoms with E-state index < -0.39 is 0 Å². The lowest BCUT2D eigenvalue weighted by molar-refractivity contribution is 0.685. The molecule has 0 saturated heterocycles. The van der Waals surface area contributed by atoms with Crippen molar-refractivity contribution >= 4 is 29.9 Å². The number of nitrogens with one attached hydrogen (secondary N) is 2. The normalized spacial score (nSPS) is 12.2. The molecule has 0 aromatic heterocycles. The predicted octanol–water partition coefficient (Wildman–Crippen LogP) is 4.04. The maximum atomic E-state index is 4.29. The molecule has 0 aliphatic carbocycles. The molecule has 0 aliphatic heterocycles. The van der Waals surface area contributed by atoms with Crippen LogP contribution >= 0.6 is 24.0 Å². The monoisotopic (exact) mass is 409 g/mol. The summed E-state index contributed by atoms with van der Waals surface area (Å²) in [6.45, 7) is 5.01. The molecule has 22 heavy (non-hydrogen) atoms. The molecular formula is C18H24IN3. The number of guanidine groups is 1. The number of aliphatic imine (C=N–C) groups is 1. The van der Waals surface area contributed by atoms with E-state index >= 15 is 0 Å². The summed E-state index contributed by atoms with van der Waals surface area (Å²) in [6.07, 6.45) is 0. The fourth-order valence-electron chi connectivity index (χ4n) is 2.23. The zero-order chi connectivity index (χ0) is 15.1. The van der Waals surface area contributed by atoms with Crippen LogP contribution in [-0.2, 0) is 6.54 Å². The zero-order valence-electron chi connectivity index (χ0n) is 13.3. The lowest BCUT2D eigenvalue weighted by Gasteiger charge is -2.18. The fraction of sp³-hybridized carbons (Fsp3) is 0.278. The highest BCUT2D eigenvalue weighted by atomic mass is 127. The third-order valence-electron chi connectivity index (χ3n) is 3.42. The minimum absolute atomic E-state index is 0. The van der Waals surface area contributed by atoms with Crippen molar-refractivity contribution in [2.24, 2.45) is 4.99 Å². The molecule has 0 amide bonds. The van der Waals surface area contributed by atoms with Crippen molar-refractivity contribution in [3.05, 3.63) is 71.3 Å². The maximum Gasteiger partial charge on any atom is 0.191 e. The van der Waals surface area contributed by atoms with E-state index in [4.69, 9.17) is 0 Å². The van der Waals surface area contributed by atoms with Crippen LogP contribution in [0.25, 0.3) is 0 Å². The first kappa shape index (κ1) is 18.5. The quantitative estimate of drug-likeness (QED) is 0.454. The second-order valence-corrected chi connectivity index (χ2v) is 5.19. The van der Waals surface area contributed by atoms with Gasteiger partial charge >= 0.3 is 0 Å². The van der Waals surface area contributed by atoms with Gasteiger partial charge in [-0.05, 0) is 25.0 Å². The van der Waals surface area contributed by atoms with E-state index in [-0.39, 0.29) is 30.0 Å². The molecule has 3 nitrogen and oxygen atoms in total. The zero-order valence-corrected chi connectivity index (χ0v) is 15.7. The van der Waals surface area contributed by atoms with Gasteiger partial charge in [0.2, 0.25) is 0 Å². The Bertz CT molecular complexity index is 596. The molecule has 0 saturated carbocycles. The van der Waals surface area contributed by atoms with Crippen molar-refractivity contribution in [2.75, 3.05) is 7.05 Å². The number of hydrogen-bond acceptors (Lipinski definition) is 1. The van der Waals surface area contributed by atoms with Crippen LogP contribution in [0, 0.1) is 6.92 Å². The van der Waals surface area contributed by atoms with Gasteiger partial charge in [0.15, 0.2) is 5.96 Å². The molecule has 1 unspecified atom stereocenters. The Hall–Kier alpha value is -1.56. The van der Waals surface area contributed by atoms with Gasteiger partial charge in [0.05, 0.1) is 6.04 Å². The molecule has 2 aromatic rings. The highest BCUT2D eigenvalue weighted by Crippen LogP contribution is 2.10. The summed E-state index contributed by atoms with van der Waals surface area (Å²) in [5.41, 5.74) is 3.77. The van der Waals surface area contributed by atoms with Gasteiger partial charge in [-0.15, -0.1) is 24.0 Å². The Morgan fingerprint density at radius 2 is 1.82 bits per heavy atom. The largest absolute Gasteiger partial charge is 0.352 e. The molecule has 0 radical (unpaired) electrons.